The average Bonchev–Trinajstić information content (AvgIpc) is 2.47. The number of nitrogen functional groups attached to an aromatic ring is 1. The minimum absolute atomic E-state index is 0.0748. The molecule has 2 aromatic rings. The Kier molecular flexibility index (Phi) is 4.28. The number of hydrogen-bond acceptors (Lipinski definition) is 3. The number of benzene rings is 2. The second kappa shape index (κ2) is 5.97. The monoisotopic (exact) mass is 303 g/mol. The number of anilines is 1. The molecule has 0 aliphatic rings. The van der Waals surface area contributed by atoms with E-state index in [9.17, 15) is 8.42 Å². The quantitative estimate of drug-likeness (QED) is 0.653. The number of amidine groups is 1. The summed E-state index contributed by atoms with van der Waals surface area (Å²) in [6.45, 7) is 0. The third-order valence-electron chi connectivity index (χ3n) is 3.13. The molecule has 21 heavy (non-hydrogen) atoms. The first-order valence-corrected chi connectivity index (χ1v) is 7.96. The van der Waals surface area contributed by atoms with Crippen LogP contribution in [-0.4, -0.2) is 21.3 Å². The fourth-order valence-corrected chi connectivity index (χ4v) is 3.15. The molecule has 6 heteroatoms. The predicted molar refractivity (Wildman–Crippen MR) is 84.9 cm³/mol. The van der Waals surface area contributed by atoms with Crippen LogP contribution < -0.4 is 10.0 Å². The SMILES string of the molecule is CN(c1cccc(C(=N)N)c1)S(=O)(=O)Cc1ccccc1. The second-order valence-electron chi connectivity index (χ2n) is 4.67. The van der Waals surface area contributed by atoms with Crippen molar-refractivity contribution in [2.75, 3.05) is 11.4 Å². The Bertz CT molecular complexity index is 743. The molecular weight excluding hydrogens is 286 g/mol. The summed E-state index contributed by atoms with van der Waals surface area (Å²) in [5.74, 6) is -0.167. The van der Waals surface area contributed by atoms with Gasteiger partial charge in [0.15, 0.2) is 0 Å². The van der Waals surface area contributed by atoms with E-state index in [0.29, 0.717) is 11.3 Å². The molecule has 0 bridgehead atoms. The van der Waals surface area contributed by atoms with Gasteiger partial charge in [-0.1, -0.05) is 42.5 Å². The first-order valence-electron chi connectivity index (χ1n) is 6.35. The molecule has 0 unspecified atom stereocenters. The highest BCUT2D eigenvalue weighted by Crippen LogP contribution is 2.20. The lowest BCUT2D eigenvalue weighted by atomic mass is 10.2. The van der Waals surface area contributed by atoms with E-state index >= 15 is 0 Å². The first-order chi connectivity index (χ1) is 9.90. The number of nitrogens with one attached hydrogen (secondary N) is 1. The topological polar surface area (TPSA) is 87.2 Å². The molecule has 3 N–H and O–H groups in total. The van der Waals surface area contributed by atoms with Crippen LogP contribution in [0.15, 0.2) is 54.6 Å². The van der Waals surface area contributed by atoms with Gasteiger partial charge in [-0.15, -0.1) is 0 Å². The summed E-state index contributed by atoms with van der Waals surface area (Å²) in [7, 11) is -1.99. The van der Waals surface area contributed by atoms with E-state index in [0.717, 1.165) is 5.56 Å². The van der Waals surface area contributed by atoms with Crippen LogP contribution in [0.25, 0.3) is 0 Å². The van der Waals surface area contributed by atoms with Crippen LogP contribution in [0.4, 0.5) is 5.69 Å². The van der Waals surface area contributed by atoms with Gasteiger partial charge in [0.1, 0.15) is 5.84 Å². The van der Waals surface area contributed by atoms with Crippen molar-refractivity contribution in [2.24, 2.45) is 5.73 Å². The summed E-state index contributed by atoms with van der Waals surface area (Å²) in [5, 5.41) is 7.42. The van der Waals surface area contributed by atoms with Crippen molar-refractivity contribution in [3.63, 3.8) is 0 Å². The standard InChI is InChI=1S/C15H17N3O2S/c1-18(14-9-5-8-13(10-14)15(16)17)21(19,20)11-12-6-3-2-4-7-12/h2-10H,11H2,1H3,(H3,16,17). The lowest BCUT2D eigenvalue weighted by Crippen LogP contribution is -2.28. The Morgan fingerprint density at radius 1 is 1.14 bits per heavy atom. The molecule has 0 atom stereocenters. The number of nitrogens with two attached hydrogens (primary N) is 1. The lowest BCUT2D eigenvalue weighted by Gasteiger charge is -2.20. The van der Waals surface area contributed by atoms with E-state index < -0.39 is 10.0 Å². The number of sulfonamides is 1. The maximum absolute atomic E-state index is 12.4. The average molecular weight is 303 g/mol. The predicted octanol–water partition coefficient (Wildman–Crippen LogP) is 1.94. The molecule has 0 saturated carbocycles. The van der Waals surface area contributed by atoms with Crippen LogP contribution in [0.3, 0.4) is 0 Å². The highest BCUT2D eigenvalue weighted by Gasteiger charge is 2.19. The molecule has 0 amide bonds. The van der Waals surface area contributed by atoms with E-state index in [2.05, 4.69) is 0 Å². The minimum Gasteiger partial charge on any atom is -0.384 e. The summed E-state index contributed by atoms with van der Waals surface area (Å²) >= 11 is 0. The van der Waals surface area contributed by atoms with E-state index in [1.54, 1.807) is 48.5 Å². The van der Waals surface area contributed by atoms with E-state index in [4.69, 9.17) is 11.1 Å². The van der Waals surface area contributed by atoms with Crippen LogP contribution in [0, 0.1) is 5.41 Å². The van der Waals surface area contributed by atoms with Crippen molar-refractivity contribution in [2.45, 2.75) is 5.75 Å². The molecule has 0 radical (unpaired) electrons. The molecule has 0 fully saturated rings. The summed E-state index contributed by atoms with van der Waals surface area (Å²) in [5.41, 5.74) is 7.14. The molecule has 0 spiro atoms. The van der Waals surface area contributed by atoms with Crippen molar-refractivity contribution in [1.29, 1.82) is 5.41 Å². The van der Waals surface area contributed by atoms with Crippen LogP contribution in [0.1, 0.15) is 11.1 Å². The van der Waals surface area contributed by atoms with Gasteiger partial charge in [0.2, 0.25) is 10.0 Å². The summed E-state index contributed by atoms with van der Waals surface area (Å²) in [4.78, 5) is 0. The van der Waals surface area contributed by atoms with Crippen molar-refractivity contribution in [1.82, 2.24) is 0 Å². The maximum atomic E-state index is 12.4. The Morgan fingerprint density at radius 2 is 1.81 bits per heavy atom. The number of hydrogen-bond donors (Lipinski definition) is 2. The van der Waals surface area contributed by atoms with Gasteiger partial charge < -0.3 is 5.73 Å². The molecular formula is C15H17N3O2S. The van der Waals surface area contributed by atoms with Gasteiger partial charge in [-0.2, -0.15) is 0 Å². The van der Waals surface area contributed by atoms with Crippen molar-refractivity contribution >= 4 is 21.5 Å². The Morgan fingerprint density at radius 3 is 2.43 bits per heavy atom. The van der Waals surface area contributed by atoms with Crippen LogP contribution in [0.5, 0.6) is 0 Å². The largest absolute Gasteiger partial charge is 0.384 e. The fraction of sp³-hybridized carbons (Fsp3) is 0.133. The number of rotatable bonds is 5. The molecule has 0 aliphatic carbocycles. The van der Waals surface area contributed by atoms with Gasteiger partial charge in [-0.05, 0) is 17.7 Å². The van der Waals surface area contributed by atoms with Crippen molar-refractivity contribution in [3.8, 4) is 0 Å². The minimum atomic E-state index is -3.49. The van der Waals surface area contributed by atoms with Crippen LogP contribution in [0.2, 0.25) is 0 Å². The van der Waals surface area contributed by atoms with E-state index in [-0.39, 0.29) is 11.6 Å². The third kappa shape index (κ3) is 3.61. The molecule has 0 aromatic heterocycles. The van der Waals surface area contributed by atoms with Crippen LogP contribution >= 0.6 is 0 Å². The lowest BCUT2D eigenvalue weighted by molar-refractivity contribution is 0.593. The smallest absolute Gasteiger partial charge is 0.239 e. The molecule has 0 saturated heterocycles. The highest BCUT2D eigenvalue weighted by atomic mass is 32.2. The highest BCUT2D eigenvalue weighted by molar-refractivity contribution is 7.92. The first kappa shape index (κ1) is 15.1. The second-order valence-corrected chi connectivity index (χ2v) is 6.67. The molecule has 2 rings (SSSR count). The van der Waals surface area contributed by atoms with Gasteiger partial charge in [-0.3, -0.25) is 9.71 Å². The van der Waals surface area contributed by atoms with Crippen LogP contribution in [-0.2, 0) is 15.8 Å². The Labute approximate surface area is 124 Å². The van der Waals surface area contributed by atoms with Gasteiger partial charge >= 0.3 is 0 Å². The molecule has 5 nitrogen and oxygen atoms in total. The van der Waals surface area contributed by atoms with Gasteiger partial charge in [0, 0.05) is 12.6 Å². The normalized spacial score (nSPS) is 11.1. The Balaban J connectivity index is 2.28. The summed E-state index contributed by atoms with van der Waals surface area (Å²) < 4.78 is 26.1. The summed E-state index contributed by atoms with van der Waals surface area (Å²) in [6.07, 6.45) is 0. The van der Waals surface area contributed by atoms with Crippen molar-refractivity contribution in [3.05, 3.63) is 65.7 Å². The van der Waals surface area contributed by atoms with Crippen molar-refractivity contribution < 1.29 is 8.42 Å². The number of nitrogens with zero attached hydrogens (tertiary/aromatic N) is 1. The zero-order valence-electron chi connectivity index (χ0n) is 11.7. The summed E-state index contributed by atoms with van der Waals surface area (Å²) in [6, 6.07) is 15.6. The van der Waals surface area contributed by atoms with Gasteiger partial charge in [0.05, 0.1) is 11.4 Å². The third-order valence-corrected chi connectivity index (χ3v) is 4.87. The molecule has 0 aliphatic heterocycles. The molecule has 0 heterocycles. The molecule has 2 aromatic carbocycles. The Hall–Kier alpha value is -2.34. The fourth-order valence-electron chi connectivity index (χ4n) is 1.91. The van der Waals surface area contributed by atoms with E-state index in [1.807, 2.05) is 6.07 Å². The molecule has 110 valence electrons. The zero-order chi connectivity index (χ0) is 15.5. The van der Waals surface area contributed by atoms with E-state index in [1.165, 1.54) is 11.4 Å². The zero-order valence-corrected chi connectivity index (χ0v) is 12.5. The van der Waals surface area contributed by atoms with Gasteiger partial charge in [-0.25, -0.2) is 8.42 Å². The van der Waals surface area contributed by atoms with Gasteiger partial charge in [0.25, 0.3) is 0 Å². The maximum Gasteiger partial charge on any atom is 0.239 e.